The first-order valence-electron chi connectivity index (χ1n) is 7.96. The van der Waals surface area contributed by atoms with Crippen LogP contribution < -0.4 is 15.2 Å². The maximum atomic E-state index is 12.9. The Labute approximate surface area is 147 Å². The number of likely N-dealkylation sites (N-methyl/N-ethyl adjacent to an activating group) is 1. The van der Waals surface area contributed by atoms with E-state index < -0.39 is 27.9 Å². The van der Waals surface area contributed by atoms with Gasteiger partial charge in [0.25, 0.3) is 5.91 Å². The van der Waals surface area contributed by atoms with Crippen molar-refractivity contribution in [3.05, 3.63) is 23.8 Å². The Kier molecular flexibility index (Phi) is 6.26. The van der Waals surface area contributed by atoms with Crippen LogP contribution in [-0.2, 0) is 9.84 Å². The van der Waals surface area contributed by atoms with Crippen molar-refractivity contribution in [1.29, 1.82) is 0 Å². The van der Waals surface area contributed by atoms with E-state index in [2.05, 4.69) is 0 Å². The average Bonchev–Trinajstić information content (AvgIpc) is 2.86. The number of hydrogen-bond donors (Lipinski definition) is 2. The SMILES string of the molecule is COc1cccc(C(=O)N(C)[C@@H]2CS(=O)(=O)C[C@H]2O)c1OCCCN. The second-order valence-corrected chi connectivity index (χ2v) is 8.11. The van der Waals surface area contributed by atoms with Gasteiger partial charge in [0, 0.05) is 7.05 Å². The minimum absolute atomic E-state index is 0.246. The molecule has 0 aliphatic carbocycles. The van der Waals surface area contributed by atoms with E-state index >= 15 is 0 Å². The zero-order valence-electron chi connectivity index (χ0n) is 14.3. The van der Waals surface area contributed by atoms with Gasteiger partial charge in [-0.05, 0) is 25.1 Å². The normalized spacial score (nSPS) is 21.8. The number of rotatable bonds is 7. The first kappa shape index (κ1) is 19.5. The van der Waals surface area contributed by atoms with Gasteiger partial charge in [-0.25, -0.2) is 8.42 Å². The second kappa shape index (κ2) is 8.03. The molecule has 1 saturated heterocycles. The summed E-state index contributed by atoms with van der Waals surface area (Å²) in [5.74, 6) is -0.360. The van der Waals surface area contributed by atoms with Crippen LogP contribution in [0.5, 0.6) is 11.5 Å². The highest BCUT2D eigenvalue weighted by molar-refractivity contribution is 7.91. The van der Waals surface area contributed by atoms with Crippen molar-refractivity contribution in [3.63, 3.8) is 0 Å². The van der Waals surface area contributed by atoms with Crippen molar-refractivity contribution in [1.82, 2.24) is 4.90 Å². The van der Waals surface area contributed by atoms with Gasteiger partial charge in [0.1, 0.15) is 0 Å². The molecule has 0 aromatic heterocycles. The Morgan fingerprint density at radius 3 is 2.68 bits per heavy atom. The minimum Gasteiger partial charge on any atom is -0.493 e. The molecule has 2 rings (SSSR count). The number of nitrogens with zero attached hydrogens (tertiary/aromatic N) is 1. The third-order valence-electron chi connectivity index (χ3n) is 4.14. The predicted octanol–water partition coefficient (Wildman–Crippen LogP) is -0.347. The fraction of sp³-hybridized carbons (Fsp3) is 0.562. The van der Waals surface area contributed by atoms with E-state index in [9.17, 15) is 18.3 Å². The quantitative estimate of drug-likeness (QED) is 0.628. The summed E-state index contributed by atoms with van der Waals surface area (Å²) in [6.45, 7) is 0.770. The summed E-state index contributed by atoms with van der Waals surface area (Å²) in [6, 6.07) is 4.11. The number of sulfone groups is 1. The standard InChI is InChI=1S/C16H24N2O6S/c1-18(12-9-25(21,22)10-13(12)19)16(20)11-5-3-6-14(23-2)15(11)24-8-4-7-17/h3,5-6,12-13,19H,4,7-10,17H2,1-2H3/t12-,13-/m1/s1. The Hall–Kier alpha value is -1.84. The van der Waals surface area contributed by atoms with Crippen LogP contribution in [0.15, 0.2) is 18.2 Å². The number of aliphatic hydroxyl groups excluding tert-OH is 1. The molecule has 1 aliphatic heterocycles. The molecule has 9 heteroatoms. The van der Waals surface area contributed by atoms with E-state index in [1.165, 1.54) is 19.1 Å². The Morgan fingerprint density at radius 2 is 2.12 bits per heavy atom. The molecule has 1 heterocycles. The Morgan fingerprint density at radius 1 is 1.40 bits per heavy atom. The highest BCUT2D eigenvalue weighted by Crippen LogP contribution is 2.33. The summed E-state index contributed by atoms with van der Waals surface area (Å²) in [5, 5.41) is 9.99. The van der Waals surface area contributed by atoms with Crippen molar-refractivity contribution in [2.24, 2.45) is 5.73 Å². The minimum atomic E-state index is -3.36. The number of aliphatic hydroxyl groups is 1. The largest absolute Gasteiger partial charge is 0.493 e. The smallest absolute Gasteiger partial charge is 0.257 e. The number of hydrogen-bond acceptors (Lipinski definition) is 7. The molecule has 1 fully saturated rings. The lowest BCUT2D eigenvalue weighted by Gasteiger charge is -2.27. The number of benzene rings is 1. The van der Waals surface area contributed by atoms with Crippen molar-refractivity contribution < 1.29 is 27.8 Å². The van der Waals surface area contributed by atoms with Gasteiger partial charge in [-0.3, -0.25) is 4.79 Å². The first-order chi connectivity index (χ1) is 11.8. The van der Waals surface area contributed by atoms with Crippen LogP contribution >= 0.6 is 0 Å². The van der Waals surface area contributed by atoms with E-state index in [1.807, 2.05) is 0 Å². The zero-order chi connectivity index (χ0) is 18.6. The Bertz CT molecular complexity index is 721. The number of ether oxygens (including phenoxy) is 2. The van der Waals surface area contributed by atoms with Gasteiger partial charge in [-0.15, -0.1) is 0 Å². The lowest BCUT2D eigenvalue weighted by Crippen LogP contribution is -2.44. The van der Waals surface area contributed by atoms with Crippen LogP contribution in [0, 0.1) is 0 Å². The number of carbonyl (C=O) groups is 1. The maximum absolute atomic E-state index is 12.9. The third kappa shape index (κ3) is 4.42. The van der Waals surface area contributed by atoms with Crippen molar-refractivity contribution in [2.75, 3.05) is 38.8 Å². The highest BCUT2D eigenvalue weighted by atomic mass is 32.2. The summed E-state index contributed by atoms with van der Waals surface area (Å²) in [4.78, 5) is 14.1. The molecule has 0 spiro atoms. The number of carbonyl (C=O) groups excluding carboxylic acids is 1. The molecule has 0 bridgehead atoms. The summed E-state index contributed by atoms with van der Waals surface area (Å²) in [6.07, 6.45) is -0.493. The van der Waals surface area contributed by atoms with Crippen LogP contribution in [-0.4, -0.2) is 75.3 Å². The number of para-hydroxylation sites is 1. The van der Waals surface area contributed by atoms with E-state index in [-0.39, 0.29) is 22.8 Å². The van der Waals surface area contributed by atoms with Gasteiger partial charge in [0.05, 0.1) is 42.9 Å². The molecule has 140 valence electrons. The summed E-state index contributed by atoms with van der Waals surface area (Å²) in [7, 11) is -0.419. The fourth-order valence-electron chi connectivity index (χ4n) is 2.77. The molecule has 0 unspecified atom stereocenters. The number of nitrogens with two attached hydrogens (primary N) is 1. The highest BCUT2D eigenvalue weighted by Gasteiger charge is 2.41. The molecule has 2 atom stereocenters. The molecule has 25 heavy (non-hydrogen) atoms. The molecule has 0 saturated carbocycles. The van der Waals surface area contributed by atoms with Crippen LogP contribution in [0.3, 0.4) is 0 Å². The molecule has 0 radical (unpaired) electrons. The molecule has 1 aromatic rings. The van der Waals surface area contributed by atoms with Crippen LogP contribution in [0.4, 0.5) is 0 Å². The third-order valence-corrected chi connectivity index (χ3v) is 5.83. The van der Waals surface area contributed by atoms with E-state index in [0.29, 0.717) is 25.3 Å². The second-order valence-electron chi connectivity index (χ2n) is 5.96. The van der Waals surface area contributed by atoms with Crippen molar-refractivity contribution in [3.8, 4) is 11.5 Å². The lowest BCUT2D eigenvalue weighted by molar-refractivity contribution is 0.0576. The van der Waals surface area contributed by atoms with Gasteiger partial charge in [-0.1, -0.05) is 6.07 Å². The number of amides is 1. The molecule has 1 aliphatic rings. The Balaban J connectivity index is 2.28. The van der Waals surface area contributed by atoms with Crippen LogP contribution in [0.1, 0.15) is 16.8 Å². The zero-order valence-corrected chi connectivity index (χ0v) is 15.2. The summed E-state index contributed by atoms with van der Waals surface area (Å²) < 4.78 is 34.3. The lowest BCUT2D eigenvalue weighted by atomic mass is 10.1. The van der Waals surface area contributed by atoms with Gasteiger partial charge in [0.2, 0.25) is 0 Å². The number of methoxy groups -OCH3 is 1. The molecule has 8 nitrogen and oxygen atoms in total. The van der Waals surface area contributed by atoms with Crippen molar-refractivity contribution >= 4 is 15.7 Å². The average molecular weight is 372 g/mol. The van der Waals surface area contributed by atoms with E-state index in [1.54, 1.807) is 18.2 Å². The maximum Gasteiger partial charge on any atom is 0.257 e. The van der Waals surface area contributed by atoms with Gasteiger partial charge in [0.15, 0.2) is 21.3 Å². The topological polar surface area (TPSA) is 119 Å². The fourth-order valence-corrected chi connectivity index (χ4v) is 4.62. The van der Waals surface area contributed by atoms with Crippen LogP contribution in [0.2, 0.25) is 0 Å². The van der Waals surface area contributed by atoms with Gasteiger partial charge in [-0.2, -0.15) is 0 Å². The van der Waals surface area contributed by atoms with Gasteiger partial charge >= 0.3 is 0 Å². The summed E-state index contributed by atoms with van der Waals surface area (Å²) >= 11 is 0. The molecule has 1 aromatic carbocycles. The summed E-state index contributed by atoms with van der Waals surface area (Å²) in [5.41, 5.74) is 5.71. The molecular weight excluding hydrogens is 348 g/mol. The monoisotopic (exact) mass is 372 g/mol. The molecule has 1 amide bonds. The van der Waals surface area contributed by atoms with Crippen molar-refractivity contribution in [2.45, 2.75) is 18.6 Å². The molecule has 3 N–H and O–H groups in total. The molecular formula is C16H24N2O6S. The van der Waals surface area contributed by atoms with E-state index in [4.69, 9.17) is 15.2 Å². The van der Waals surface area contributed by atoms with Gasteiger partial charge < -0.3 is 25.2 Å². The van der Waals surface area contributed by atoms with E-state index in [0.717, 1.165) is 0 Å². The van der Waals surface area contributed by atoms with Crippen LogP contribution in [0.25, 0.3) is 0 Å². The predicted molar refractivity (Wildman–Crippen MR) is 92.7 cm³/mol. The first-order valence-corrected chi connectivity index (χ1v) is 9.78.